The van der Waals surface area contributed by atoms with Crippen molar-refractivity contribution in [2.45, 2.75) is 19.8 Å². The molecule has 0 aliphatic heterocycles. The molecule has 0 spiro atoms. The van der Waals surface area contributed by atoms with Crippen molar-refractivity contribution in [2.75, 3.05) is 0 Å². The molecule has 0 aromatic heterocycles. The Bertz CT molecular complexity index is 132. The molecule has 0 heterocycles. The minimum Gasteiger partial charge on any atom is -0.296 e. The highest BCUT2D eigenvalue weighted by atomic mass is 16.2. The number of nitrogens with zero attached hydrogens (tertiary/aromatic N) is 1. The van der Waals surface area contributed by atoms with Gasteiger partial charge in [-0.25, -0.2) is 0 Å². The highest BCUT2D eigenvalue weighted by Crippen LogP contribution is 1.97. The summed E-state index contributed by atoms with van der Waals surface area (Å²) in [5.74, 6) is 0.0486. The van der Waals surface area contributed by atoms with Crippen LogP contribution in [0.3, 0.4) is 0 Å². The Morgan fingerprint density at radius 3 is 2.30 bits per heavy atom. The third kappa shape index (κ3) is 2.49. The highest BCUT2D eigenvalue weighted by molar-refractivity contribution is 5.78. The molecule has 0 rings (SSSR count). The van der Waals surface area contributed by atoms with Gasteiger partial charge in [-0.2, -0.15) is 0 Å². The SMILES string of the molecule is C=CN(C=C)C(=O)CCC. The van der Waals surface area contributed by atoms with E-state index in [1.807, 2.05) is 6.92 Å². The van der Waals surface area contributed by atoms with Gasteiger partial charge in [-0.15, -0.1) is 0 Å². The van der Waals surface area contributed by atoms with Crippen LogP contribution in [0.2, 0.25) is 0 Å². The van der Waals surface area contributed by atoms with Crippen LogP contribution in [0.4, 0.5) is 0 Å². The van der Waals surface area contributed by atoms with Crippen LogP contribution in [0.5, 0.6) is 0 Å². The Morgan fingerprint density at radius 2 is 2.00 bits per heavy atom. The fourth-order valence-corrected chi connectivity index (χ4v) is 0.621. The molecule has 0 fully saturated rings. The van der Waals surface area contributed by atoms with E-state index in [0.29, 0.717) is 6.42 Å². The lowest BCUT2D eigenvalue weighted by Crippen LogP contribution is -2.18. The van der Waals surface area contributed by atoms with Crippen molar-refractivity contribution < 1.29 is 4.79 Å². The van der Waals surface area contributed by atoms with Gasteiger partial charge in [0.15, 0.2) is 0 Å². The summed E-state index contributed by atoms with van der Waals surface area (Å²) in [4.78, 5) is 12.4. The quantitative estimate of drug-likeness (QED) is 0.582. The molecule has 0 radical (unpaired) electrons. The van der Waals surface area contributed by atoms with Gasteiger partial charge in [-0.1, -0.05) is 20.1 Å². The second-order valence-electron chi connectivity index (χ2n) is 1.92. The van der Waals surface area contributed by atoms with Crippen LogP contribution >= 0.6 is 0 Å². The van der Waals surface area contributed by atoms with Crippen molar-refractivity contribution >= 4 is 5.91 Å². The molecule has 56 valence electrons. The van der Waals surface area contributed by atoms with Gasteiger partial charge in [-0.3, -0.25) is 9.69 Å². The number of hydrogen-bond acceptors (Lipinski definition) is 1. The molecule has 0 aromatic carbocycles. The molecule has 0 atom stereocenters. The van der Waals surface area contributed by atoms with Crippen LogP contribution in [-0.4, -0.2) is 10.8 Å². The third-order valence-corrected chi connectivity index (χ3v) is 1.15. The second kappa shape index (κ2) is 4.79. The van der Waals surface area contributed by atoms with Crippen LogP contribution in [0.1, 0.15) is 19.8 Å². The Morgan fingerprint density at radius 1 is 1.50 bits per heavy atom. The van der Waals surface area contributed by atoms with E-state index in [0.717, 1.165) is 6.42 Å². The average molecular weight is 139 g/mol. The maximum atomic E-state index is 11.0. The summed E-state index contributed by atoms with van der Waals surface area (Å²) in [5, 5.41) is 0. The largest absolute Gasteiger partial charge is 0.296 e. The van der Waals surface area contributed by atoms with Crippen molar-refractivity contribution in [1.29, 1.82) is 0 Å². The molecule has 2 nitrogen and oxygen atoms in total. The Labute approximate surface area is 61.8 Å². The van der Waals surface area contributed by atoms with Gasteiger partial charge in [-0.05, 0) is 6.42 Å². The third-order valence-electron chi connectivity index (χ3n) is 1.15. The van der Waals surface area contributed by atoms with Crippen molar-refractivity contribution in [3.05, 3.63) is 25.6 Å². The van der Waals surface area contributed by atoms with Crippen molar-refractivity contribution in [3.63, 3.8) is 0 Å². The first-order chi connectivity index (χ1) is 4.76. The van der Waals surface area contributed by atoms with E-state index >= 15 is 0 Å². The second-order valence-corrected chi connectivity index (χ2v) is 1.92. The van der Waals surface area contributed by atoms with Gasteiger partial charge in [0.25, 0.3) is 0 Å². The van der Waals surface area contributed by atoms with E-state index in [1.165, 1.54) is 17.3 Å². The molecular weight excluding hydrogens is 126 g/mol. The molecule has 10 heavy (non-hydrogen) atoms. The molecule has 0 saturated heterocycles. The Balaban J connectivity index is 3.88. The minimum atomic E-state index is 0.0486. The zero-order valence-corrected chi connectivity index (χ0v) is 6.34. The molecule has 0 unspecified atom stereocenters. The van der Waals surface area contributed by atoms with Crippen molar-refractivity contribution in [2.24, 2.45) is 0 Å². The maximum absolute atomic E-state index is 11.0. The van der Waals surface area contributed by atoms with E-state index in [9.17, 15) is 4.79 Å². The standard InChI is InChI=1S/C8H13NO/c1-4-7-8(10)9(5-2)6-3/h5-6H,2-4,7H2,1H3. The Kier molecular flexibility index (Phi) is 4.29. The average Bonchev–Trinajstić information content (AvgIpc) is 1.91. The van der Waals surface area contributed by atoms with Gasteiger partial charge >= 0.3 is 0 Å². The van der Waals surface area contributed by atoms with E-state index in [4.69, 9.17) is 0 Å². The summed E-state index contributed by atoms with van der Waals surface area (Å²) in [6.07, 6.45) is 4.34. The number of carbonyl (C=O) groups is 1. The number of carbonyl (C=O) groups excluding carboxylic acids is 1. The van der Waals surface area contributed by atoms with Gasteiger partial charge in [0.05, 0.1) is 0 Å². The predicted molar refractivity (Wildman–Crippen MR) is 42.1 cm³/mol. The molecule has 0 N–H and O–H groups in total. The first kappa shape index (κ1) is 8.95. The highest BCUT2D eigenvalue weighted by Gasteiger charge is 2.02. The molecule has 0 saturated carbocycles. The molecular formula is C8H13NO. The monoisotopic (exact) mass is 139 g/mol. The van der Waals surface area contributed by atoms with Crippen molar-refractivity contribution in [3.8, 4) is 0 Å². The molecule has 0 aliphatic rings. The zero-order chi connectivity index (χ0) is 7.98. The summed E-state index contributed by atoms with van der Waals surface area (Å²) in [7, 11) is 0. The van der Waals surface area contributed by atoms with Crippen LogP contribution < -0.4 is 0 Å². The van der Waals surface area contributed by atoms with Gasteiger partial charge < -0.3 is 0 Å². The number of amides is 1. The first-order valence-corrected chi connectivity index (χ1v) is 3.32. The lowest BCUT2D eigenvalue weighted by Gasteiger charge is -2.10. The van der Waals surface area contributed by atoms with Crippen molar-refractivity contribution in [1.82, 2.24) is 4.90 Å². The van der Waals surface area contributed by atoms with Crippen LogP contribution in [-0.2, 0) is 4.79 Å². The van der Waals surface area contributed by atoms with E-state index in [1.54, 1.807) is 0 Å². The number of rotatable bonds is 4. The summed E-state index contributed by atoms with van der Waals surface area (Å²) in [5.41, 5.74) is 0. The molecule has 2 heteroatoms. The van der Waals surface area contributed by atoms with E-state index < -0.39 is 0 Å². The lowest BCUT2D eigenvalue weighted by molar-refractivity contribution is -0.126. The summed E-state index contributed by atoms with van der Waals surface area (Å²) in [6.45, 7) is 8.90. The molecule has 1 amide bonds. The van der Waals surface area contributed by atoms with E-state index in [-0.39, 0.29) is 5.91 Å². The minimum absolute atomic E-state index is 0.0486. The van der Waals surface area contributed by atoms with Crippen LogP contribution in [0.25, 0.3) is 0 Å². The Hall–Kier alpha value is -1.05. The predicted octanol–water partition coefficient (Wildman–Crippen LogP) is 1.90. The molecule has 0 bridgehead atoms. The molecule has 0 aliphatic carbocycles. The first-order valence-electron chi connectivity index (χ1n) is 3.32. The summed E-state index contributed by atoms with van der Waals surface area (Å²) < 4.78 is 0. The van der Waals surface area contributed by atoms with Gasteiger partial charge in [0, 0.05) is 18.8 Å². The zero-order valence-electron chi connectivity index (χ0n) is 6.34. The smallest absolute Gasteiger partial charge is 0.230 e. The lowest BCUT2D eigenvalue weighted by atomic mass is 10.3. The van der Waals surface area contributed by atoms with Crippen LogP contribution in [0, 0.1) is 0 Å². The fourth-order valence-electron chi connectivity index (χ4n) is 0.621. The van der Waals surface area contributed by atoms with Crippen LogP contribution in [0.15, 0.2) is 25.6 Å². The van der Waals surface area contributed by atoms with Gasteiger partial charge in [0.2, 0.25) is 5.91 Å². The molecule has 0 aromatic rings. The normalized spacial score (nSPS) is 8.50. The maximum Gasteiger partial charge on any atom is 0.230 e. The number of hydrogen-bond donors (Lipinski definition) is 0. The summed E-state index contributed by atoms with van der Waals surface area (Å²) >= 11 is 0. The van der Waals surface area contributed by atoms with E-state index in [2.05, 4.69) is 13.2 Å². The summed E-state index contributed by atoms with van der Waals surface area (Å²) in [6, 6.07) is 0. The topological polar surface area (TPSA) is 20.3 Å². The fraction of sp³-hybridized carbons (Fsp3) is 0.375. The van der Waals surface area contributed by atoms with Gasteiger partial charge in [0.1, 0.15) is 0 Å².